The quantitative estimate of drug-likeness (QED) is 0.427. The number of halogens is 2. The summed E-state index contributed by atoms with van der Waals surface area (Å²) in [6, 6.07) is 9.01. The van der Waals surface area contributed by atoms with Gasteiger partial charge in [-0.15, -0.1) is 0 Å². The first-order chi connectivity index (χ1) is 15.9. The highest BCUT2D eigenvalue weighted by Crippen LogP contribution is 2.40. The monoisotopic (exact) mass is 489 g/mol. The minimum Gasteiger partial charge on any atom is -0.492 e. The van der Waals surface area contributed by atoms with Crippen molar-refractivity contribution >= 4 is 57.1 Å². The highest BCUT2D eigenvalue weighted by atomic mass is 35.5. The number of aliphatic hydroxyl groups excluding tert-OH is 1. The maximum Gasteiger partial charge on any atom is 0.341 e. The molecule has 2 aromatic carbocycles. The molecule has 2 heterocycles. The van der Waals surface area contributed by atoms with E-state index in [9.17, 15) is 9.90 Å². The van der Waals surface area contributed by atoms with Crippen LogP contribution in [0.5, 0.6) is 5.75 Å². The van der Waals surface area contributed by atoms with Crippen molar-refractivity contribution in [2.75, 3.05) is 36.5 Å². The highest BCUT2D eigenvalue weighted by Gasteiger charge is 2.26. The maximum absolute atomic E-state index is 12.8. The van der Waals surface area contributed by atoms with Crippen molar-refractivity contribution in [1.29, 1.82) is 0 Å². The Morgan fingerprint density at radius 3 is 2.79 bits per heavy atom. The fourth-order valence-corrected chi connectivity index (χ4v) is 4.27. The van der Waals surface area contributed by atoms with Crippen molar-refractivity contribution in [3.8, 4) is 5.75 Å². The van der Waals surface area contributed by atoms with Gasteiger partial charge in [-0.3, -0.25) is 4.98 Å². The number of carbonyl (C=O) groups excluding carboxylic acids is 1. The summed E-state index contributed by atoms with van der Waals surface area (Å²) in [6.45, 7) is 5.57. The van der Waals surface area contributed by atoms with E-state index in [1.54, 1.807) is 25.1 Å². The lowest BCUT2D eigenvalue weighted by molar-refractivity contribution is 0.0527. The number of nitrogens with one attached hydrogen (secondary N) is 1. The molecular weight excluding hydrogens is 465 g/mol. The van der Waals surface area contributed by atoms with Crippen molar-refractivity contribution in [3.05, 3.63) is 52.1 Å². The van der Waals surface area contributed by atoms with Crippen LogP contribution in [0.1, 0.15) is 30.6 Å². The Morgan fingerprint density at radius 1 is 1.27 bits per heavy atom. The second kappa shape index (κ2) is 10.0. The molecule has 174 valence electrons. The molecule has 1 fully saturated rings. The summed E-state index contributed by atoms with van der Waals surface area (Å²) in [6.07, 6.45) is 1.76. The smallest absolute Gasteiger partial charge is 0.341 e. The third kappa shape index (κ3) is 4.81. The first-order valence-corrected chi connectivity index (χ1v) is 11.6. The predicted octanol–water partition coefficient (Wildman–Crippen LogP) is 5.43. The van der Waals surface area contributed by atoms with E-state index in [0.29, 0.717) is 64.2 Å². The van der Waals surface area contributed by atoms with Gasteiger partial charge in [0, 0.05) is 30.7 Å². The number of esters is 1. The zero-order valence-electron chi connectivity index (χ0n) is 18.4. The summed E-state index contributed by atoms with van der Waals surface area (Å²) < 4.78 is 11.2. The van der Waals surface area contributed by atoms with Gasteiger partial charge in [0.2, 0.25) is 0 Å². The topological polar surface area (TPSA) is 83.9 Å². The standard InChI is InChI=1S/C24H25Cl2N3O4/c1-3-32-21-11-19-15(10-20(21)29-9-8-14(30)13-29)23(16(12-27-19)24(31)33-4-2)28-18-7-5-6-17(25)22(18)26/h5-7,10-12,14,30H,3-4,8-9,13H2,1-2H3,(H,27,28). The number of rotatable bonds is 7. The molecule has 7 nitrogen and oxygen atoms in total. The van der Waals surface area contributed by atoms with E-state index >= 15 is 0 Å². The number of carbonyl (C=O) groups is 1. The molecule has 1 aliphatic rings. The number of fused-ring (bicyclic) bond motifs is 1. The summed E-state index contributed by atoms with van der Waals surface area (Å²) in [5.41, 5.74) is 2.79. The molecular formula is C24H25Cl2N3O4. The molecule has 33 heavy (non-hydrogen) atoms. The number of pyridine rings is 1. The van der Waals surface area contributed by atoms with E-state index in [2.05, 4.69) is 15.2 Å². The molecule has 0 bridgehead atoms. The van der Waals surface area contributed by atoms with Crippen molar-refractivity contribution < 1.29 is 19.4 Å². The van der Waals surface area contributed by atoms with E-state index in [1.807, 2.05) is 19.1 Å². The number of β-amino-alcohol motifs (C(OH)–C–C–N with tert-alkyl or cyclic N) is 1. The van der Waals surface area contributed by atoms with Gasteiger partial charge in [-0.2, -0.15) is 0 Å². The average Bonchev–Trinajstić information content (AvgIpc) is 3.23. The molecule has 0 radical (unpaired) electrons. The number of anilines is 3. The molecule has 1 aromatic heterocycles. The van der Waals surface area contributed by atoms with Crippen LogP contribution in [0.15, 0.2) is 36.5 Å². The highest BCUT2D eigenvalue weighted by molar-refractivity contribution is 6.43. The van der Waals surface area contributed by atoms with Crippen LogP contribution < -0.4 is 15.0 Å². The first-order valence-electron chi connectivity index (χ1n) is 10.8. The zero-order chi connectivity index (χ0) is 23.5. The van der Waals surface area contributed by atoms with Crippen LogP contribution in [0.2, 0.25) is 10.0 Å². The summed E-state index contributed by atoms with van der Waals surface area (Å²) in [5.74, 6) is 0.168. The Labute approximate surface area is 202 Å². The van der Waals surface area contributed by atoms with Crippen LogP contribution in [0.25, 0.3) is 10.9 Å². The number of ether oxygens (including phenoxy) is 2. The van der Waals surface area contributed by atoms with Gasteiger partial charge in [-0.05, 0) is 38.5 Å². The van der Waals surface area contributed by atoms with E-state index in [1.165, 1.54) is 6.20 Å². The molecule has 1 aliphatic heterocycles. The molecule has 1 saturated heterocycles. The van der Waals surface area contributed by atoms with Gasteiger partial charge < -0.3 is 24.8 Å². The minimum absolute atomic E-state index is 0.231. The van der Waals surface area contributed by atoms with Gasteiger partial charge in [-0.1, -0.05) is 29.3 Å². The Kier molecular flexibility index (Phi) is 7.12. The van der Waals surface area contributed by atoms with Crippen LogP contribution in [0.3, 0.4) is 0 Å². The van der Waals surface area contributed by atoms with E-state index in [4.69, 9.17) is 32.7 Å². The molecule has 3 aromatic rings. The SMILES string of the molecule is CCOC(=O)c1cnc2cc(OCC)c(N3CCC(O)C3)cc2c1Nc1cccc(Cl)c1Cl. The second-order valence-electron chi connectivity index (χ2n) is 7.65. The predicted molar refractivity (Wildman–Crippen MR) is 131 cm³/mol. The third-order valence-corrected chi connectivity index (χ3v) is 6.28. The molecule has 4 rings (SSSR count). The number of aliphatic hydroxyl groups is 1. The van der Waals surface area contributed by atoms with Crippen LogP contribution >= 0.6 is 23.2 Å². The van der Waals surface area contributed by atoms with E-state index < -0.39 is 12.1 Å². The minimum atomic E-state index is -0.500. The lowest BCUT2D eigenvalue weighted by Crippen LogP contribution is -2.22. The van der Waals surface area contributed by atoms with Gasteiger partial charge in [0.05, 0.1) is 51.9 Å². The van der Waals surface area contributed by atoms with Crippen LogP contribution in [0, 0.1) is 0 Å². The molecule has 0 aliphatic carbocycles. The van der Waals surface area contributed by atoms with E-state index in [0.717, 1.165) is 5.69 Å². The van der Waals surface area contributed by atoms with Crippen LogP contribution in [-0.4, -0.2) is 48.5 Å². The van der Waals surface area contributed by atoms with Crippen molar-refractivity contribution in [2.45, 2.75) is 26.4 Å². The van der Waals surface area contributed by atoms with Crippen molar-refractivity contribution in [2.24, 2.45) is 0 Å². The Hall–Kier alpha value is -2.74. The lowest BCUT2D eigenvalue weighted by atomic mass is 10.1. The second-order valence-corrected chi connectivity index (χ2v) is 8.44. The van der Waals surface area contributed by atoms with Gasteiger partial charge in [0.25, 0.3) is 0 Å². The Bertz CT molecular complexity index is 1190. The lowest BCUT2D eigenvalue weighted by Gasteiger charge is -2.23. The average molecular weight is 490 g/mol. The Morgan fingerprint density at radius 2 is 2.09 bits per heavy atom. The van der Waals surface area contributed by atoms with Gasteiger partial charge in [0.15, 0.2) is 0 Å². The normalized spacial score (nSPS) is 15.7. The Balaban J connectivity index is 1.92. The fourth-order valence-electron chi connectivity index (χ4n) is 3.92. The maximum atomic E-state index is 12.8. The zero-order valence-corrected chi connectivity index (χ0v) is 19.9. The number of hydrogen-bond donors (Lipinski definition) is 2. The van der Waals surface area contributed by atoms with Gasteiger partial charge in [0.1, 0.15) is 11.3 Å². The van der Waals surface area contributed by atoms with E-state index in [-0.39, 0.29) is 12.2 Å². The third-order valence-electron chi connectivity index (χ3n) is 5.46. The van der Waals surface area contributed by atoms with Crippen molar-refractivity contribution in [3.63, 3.8) is 0 Å². The number of benzene rings is 2. The summed E-state index contributed by atoms with van der Waals surface area (Å²) in [5, 5.41) is 14.8. The molecule has 0 saturated carbocycles. The van der Waals surface area contributed by atoms with Crippen LogP contribution in [0.4, 0.5) is 17.1 Å². The van der Waals surface area contributed by atoms with Crippen LogP contribution in [-0.2, 0) is 4.74 Å². The summed E-state index contributed by atoms with van der Waals surface area (Å²) >= 11 is 12.6. The molecule has 0 amide bonds. The molecule has 1 unspecified atom stereocenters. The number of aromatic nitrogens is 1. The summed E-state index contributed by atoms with van der Waals surface area (Å²) in [4.78, 5) is 19.4. The van der Waals surface area contributed by atoms with Crippen molar-refractivity contribution in [1.82, 2.24) is 4.98 Å². The fraction of sp³-hybridized carbons (Fsp3) is 0.333. The van der Waals surface area contributed by atoms with Gasteiger partial charge >= 0.3 is 5.97 Å². The molecule has 9 heteroatoms. The number of hydrogen-bond acceptors (Lipinski definition) is 7. The largest absolute Gasteiger partial charge is 0.492 e. The molecule has 2 N–H and O–H groups in total. The summed E-state index contributed by atoms with van der Waals surface area (Å²) in [7, 11) is 0. The van der Waals surface area contributed by atoms with Gasteiger partial charge in [-0.25, -0.2) is 4.79 Å². The first kappa shape index (κ1) is 23.4. The number of nitrogens with zero attached hydrogens (tertiary/aromatic N) is 2. The molecule has 1 atom stereocenters. The molecule has 0 spiro atoms.